The van der Waals surface area contributed by atoms with Gasteiger partial charge < -0.3 is 4.90 Å². The molecule has 0 saturated carbocycles. The molecular weight excluding hydrogens is 429 g/mol. The van der Waals surface area contributed by atoms with E-state index in [2.05, 4.69) is 32.5 Å². The van der Waals surface area contributed by atoms with E-state index in [1.165, 1.54) is 17.8 Å². The molecule has 0 N–H and O–H groups in total. The summed E-state index contributed by atoms with van der Waals surface area (Å²) in [4.78, 5) is 23.3. The van der Waals surface area contributed by atoms with Gasteiger partial charge in [0, 0.05) is 40.9 Å². The minimum atomic E-state index is -0.326. The molecule has 1 amide bonds. The smallest absolute Gasteiger partial charge is 0.223 e. The molecule has 2 rings (SSSR count). The number of hydrogen-bond donors (Lipinski definition) is 0. The van der Waals surface area contributed by atoms with Crippen molar-refractivity contribution in [2.24, 2.45) is 0 Å². The van der Waals surface area contributed by atoms with Crippen molar-refractivity contribution < 1.29 is 9.18 Å². The maximum Gasteiger partial charge on any atom is 0.223 e. The van der Waals surface area contributed by atoms with Gasteiger partial charge in [0.2, 0.25) is 5.91 Å². The molecule has 0 unspecified atom stereocenters. The van der Waals surface area contributed by atoms with E-state index in [-0.39, 0.29) is 18.3 Å². The first-order valence-electron chi connectivity index (χ1n) is 8.56. The summed E-state index contributed by atoms with van der Waals surface area (Å²) in [6.07, 6.45) is 4.46. The van der Waals surface area contributed by atoms with Gasteiger partial charge in [0.25, 0.3) is 0 Å². The first kappa shape index (κ1) is 21.6. The van der Waals surface area contributed by atoms with Crippen LogP contribution in [0, 0.1) is 19.7 Å². The molecule has 2 aromatic rings. The summed E-state index contributed by atoms with van der Waals surface area (Å²) in [6.45, 7) is 8.16. The van der Waals surface area contributed by atoms with E-state index in [1.807, 2.05) is 20.1 Å². The van der Waals surface area contributed by atoms with E-state index in [0.717, 1.165) is 26.6 Å². The highest BCUT2D eigenvalue weighted by Crippen LogP contribution is 2.20. The Morgan fingerprint density at radius 3 is 2.59 bits per heavy atom. The van der Waals surface area contributed by atoms with Crippen molar-refractivity contribution in [3.05, 3.63) is 63.7 Å². The zero-order valence-corrected chi connectivity index (χ0v) is 18.2. The van der Waals surface area contributed by atoms with Crippen molar-refractivity contribution in [1.82, 2.24) is 14.9 Å². The molecule has 1 heterocycles. The van der Waals surface area contributed by atoms with E-state index < -0.39 is 0 Å². The topological polar surface area (TPSA) is 46.1 Å². The van der Waals surface area contributed by atoms with Gasteiger partial charge in [0.15, 0.2) is 5.16 Å². The van der Waals surface area contributed by atoms with Gasteiger partial charge in [-0.15, -0.1) is 6.58 Å². The summed E-state index contributed by atoms with van der Waals surface area (Å²) in [5.41, 5.74) is 3.26. The molecule has 0 spiro atoms. The second kappa shape index (κ2) is 9.99. The third kappa shape index (κ3) is 5.87. The summed E-state index contributed by atoms with van der Waals surface area (Å²) in [5.74, 6) is -0.380. The Hall–Kier alpha value is -1.73. The second-order valence-corrected chi connectivity index (χ2v) is 7.85. The van der Waals surface area contributed by atoms with E-state index in [1.54, 1.807) is 23.1 Å². The van der Waals surface area contributed by atoms with E-state index in [0.29, 0.717) is 24.9 Å². The number of hydrogen-bond acceptors (Lipinski definition) is 4. The lowest BCUT2D eigenvalue weighted by Gasteiger charge is -2.22. The average Bonchev–Trinajstić information content (AvgIpc) is 2.63. The molecule has 0 radical (unpaired) electrons. The zero-order chi connectivity index (χ0) is 20.0. The Kier molecular flexibility index (Phi) is 7.98. The zero-order valence-electron chi connectivity index (χ0n) is 15.8. The first-order valence-corrected chi connectivity index (χ1v) is 10.6. The number of carbonyl (C=O) groups excluding carboxylic acids is 1. The molecule has 4 nitrogen and oxygen atoms in total. The molecule has 0 aliphatic carbocycles. The Bertz CT molecular complexity index is 821. The van der Waals surface area contributed by atoms with Crippen LogP contribution in [0.1, 0.15) is 28.9 Å². The lowest BCUT2D eigenvalue weighted by atomic mass is 10.1. The number of aryl methyl sites for hydroxylation is 2. The predicted octanol–water partition coefficient (Wildman–Crippen LogP) is 4.86. The van der Waals surface area contributed by atoms with Crippen molar-refractivity contribution in [2.75, 3.05) is 12.8 Å². The number of thioether (sulfide) groups is 1. The molecule has 1 aromatic heterocycles. The van der Waals surface area contributed by atoms with Crippen LogP contribution in [0.25, 0.3) is 0 Å². The lowest BCUT2D eigenvalue weighted by Crippen LogP contribution is -2.31. The molecule has 1 aromatic carbocycles. The van der Waals surface area contributed by atoms with E-state index in [4.69, 9.17) is 0 Å². The van der Waals surface area contributed by atoms with Crippen LogP contribution < -0.4 is 0 Å². The van der Waals surface area contributed by atoms with Crippen LogP contribution >= 0.6 is 27.7 Å². The Balaban J connectivity index is 2.11. The largest absolute Gasteiger partial charge is 0.335 e. The van der Waals surface area contributed by atoms with E-state index >= 15 is 0 Å². The van der Waals surface area contributed by atoms with Crippen LogP contribution in [0.3, 0.4) is 0 Å². The van der Waals surface area contributed by atoms with Crippen LogP contribution in [-0.2, 0) is 17.8 Å². The summed E-state index contributed by atoms with van der Waals surface area (Å²) in [7, 11) is 0. The Labute approximate surface area is 172 Å². The summed E-state index contributed by atoms with van der Waals surface area (Å²) >= 11 is 4.84. The van der Waals surface area contributed by atoms with Crippen molar-refractivity contribution >= 4 is 33.6 Å². The second-order valence-electron chi connectivity index (χ2n) is 6.16. The maximum atomic E-state index is 14.1. The van der Waals surface area contributed by atoms with Gasteiger partial charge >= 0.3 is 0 Å². The van der Waals surface area contributed by atoms with Gasteiger partial charge in [-0.2, -0.15) is 0 Å². The third-order valence-electron chi connectivity index (χ3n) is 4.24. The SMILES string of the molecule is C=CCN(Cc1cc(Br)ccc1F)C(=O)CCc1c(C)nc(SC)nc1C. The molecule has 144 valence electrons. The molecule has 0 atom stereocenters. The van der Waals surface area contributed by atoms with E-state index in [9.17, 15) is 9.18 Å². The van der Waals surface area contributed by atoms with Crippen LogP contribution in [0.2, 0.25) is 0 Å². The maximum absolute atomic E-state index is 14.1. The molecule has 7 heteroatoms. The number of halogens is 2. The average molecular weight is 452 g/mol. The predicted molar refractivity (Wildman–Crippen MR) is 111 cm³/mol. The highest BCUT2D eigenvalue weighted by Gasteiger charge is 2.17. The summed E-state index contributed by atoms with van der Waals surface area (Å²) in [6, 6.07) is 4.73. The van der Waals surface area contributed by atoms with Crippen molar-refractivity contribution in [3.8, 4) is 0 Å². The van der Waals surface area contributed by atoms with Crippen LogP contribution in [0.4, 0.5) is 4.39 Å². The van der Waals surface area contributed by atoms with Gasteiger partial charge in [-0.1, -0.05) is 33.8 Å². The van der Waals surface area contributed by atoms with Crippen molar-refractivity contribution in [2.45, 2.75) is 38.4 Å². The minimum absolute atomic E-state index is 0.0537. The van der Waals surface area contributed by atoms with Crippen LogP contribution in [0.15, 0.2) is 40.5 Å². The molecular formula is C20H23BrFN3OS. The first-order chi connectivity index (χ1) is 12.8. The number of benzene rings is 1. The van der Waals surface area contributed by atoms with Gasteiger partial charge in [-0.25, -0.2) is 14.4 Å². The number of carbonyl (C=O) groups is 1. The van der Waals surface area contributed by atoms with Gasteiger partial charge in [-0.05, 0) is 50.3 Å². The number of amides is 1. The monoisotopic (exact) mass is 451 g/mol. The molecule has 0 aliphatic rings. The quantitative estimate of drug-likeness (QED) is 0.326. The number of rotatable bonds is 8. The lowest BCUT2D eigenvalue weighted by molar-refractivity contribution is -0.131. The fraction of sp³-hybridized carbons (Fsp3) is 0.350. The summed E-state index contributed by atoms with van der Waals surface area (Å²) in [5, 5.41) is 0.735. The highest BCUT2D eigenvalue weighted by atomic mass is 79.9. The van der Waals surface area contributed by atoms with Crippen molar-refractivity contribution in [3.63, 3.8) is 0 Å². The van der Waals surface area contributed by atoms with Gasteiger partial charge in [0.1, 0.15) is 5.82 Å². The number of aromatic nitrogens is 2. The van der Waals surface area contributed by atoms with Crippen molar-refractivity contribution in [1.29, 1.82) is 0 Å². The Morgan fingerprint density at radius 1 is 1.33 bits per heavy atom. The minimum Gasteiger partial charge on any atom is -0.335 e. The fourth-order valence-corrected chi connectivity index (χ4v) is 3.70. The highest BCUT2D eigenvalue weighted by molar-refractivity contribution is 9.10. The van der Waals surface area contributed by atoms with Gasteiger partial charge in [-0.3, -0.25) is 4.79 Å². The molecule has 0 saturated heterocycles. The Morgan fingerprint density at radius 2 is 2.00 bits per heavy atom. The third-order valence-corrected chi connectivity index (χ3v) is 5.28. The standard InChI is InChI=1S/C20H23BrFN3OS/c1-5-10-25(12-15-11-16(21)6-8-18(15)22)19(26)9-7-17-13(2)23-20(27-4)24-14(17)3/h5-6,8,11H,1,7,9-10,12H2,2-4H3. The number of nitrogens with zero attached hydrogens (tertiary/aromatic N) is 3. The molecule has 0 bridgehead atoms. The van der Waals surface area contributed by atoms with Crippen LogP contribution in [-0.4, -0.2) is 33.6 Å². The normalized spacial score (nSPS) is 10.7. The fourth-order valence-electron chi connectivity index (χ4n) is 2.83. The van der Waals surface area contributed by atoms with Crippen LogP contribution in [0.5, 0.6) is 0 Å². The molecule has 0 fully saturated rings. The molecule has 27 heavy (non-hydrogen) atoms. The summed E-state index contributed by atoms with van der Waals surface area (Å²) < 4.78 is 14.8. The molecule has 0 aliphatic heterocycles. The van der Waals surface area contributed by atoms with Gasteiger partial charge in [0.05, 0.1) is 0 Å².